The number of esters is 1. The molecule has 2 aromatic rings. The summed E-state index contributed by atoms with van der Waals surface area (Å²) in [6, 6.07) is 5.68. The first-order chi connectivity index (χ1) is 15.0. The van der Waals surface area contributed by atoms with Gasteiger partial charge >= 0.3 is 5.97 Å². The van der Waals surface area contributed by atoms with Crippen molar-refractivity contribution in [2.75, 3.05) is 17.6 Å². The second kappa shape index (κ2) is 9.33. The van der Waals surface area contributed by atoms with Crippen molar-refractivity contribution in [1.82, 2.24) is 9.97 Å². The molecule has 0 aliphatic carbocycles. The van der Waals surface area contributed by atoms with E-state index in [9.17, 15) is 22.7 Å². The predicted octanol–water partition coefficient (Wildman–Crippen LogP) is 2.88. The van der Waals surface area contributed by atoms with E-state index in [4.69, 9.17) is 4.74 Å². The van der Waals surface area contributed by atoms with Crippen LogP contribution in [0.1, 0.15) is 43.9 Å². The molecule has 3 rings (SSSR count). The first-order valence-electron chi connectivity index (χ1n) is 10.1. The second-order valence-corrected chi connectivity index (χ2v) is 10.1. The number of carbonyl (C=O) groups excluding carboxylic acids is 1. The highest BCUT2D eigenvalue weighted by Crippen LogP contribution is 2.32. The molecular weight excluding hydrogens is 437 g/mol. The normalized spacial score (nSPS) is 19.4. The van der Waals surface area contributed by atoms with Crippen molar-refractivity contribution in [3.8, 4) is 11.3 Å². The van der Waals surface area contributed by atoms with Crippen LogP contribution in [0.25, 0.3) is 17.3 Å². The van der Waals surface area contributed by atoms with E-state index in [2.05, 4.69) is 9.97 Å². The number of halogens is 1. The second-order valence-electron chi connectivity index (χ2n) is 8.04. The minimum Gasteiger partial charge on any atom is -0.458 e. The molecule has 0 saturated carbocycles. The summed E-state index contributed by atoms with van der Waals surface area (Å²) in [7, 11) is -2.25. The summed E-state index contributed by atoms with van der Waals surface area (Å²) in [5, 5.41) is 9.86. The number of aliphatic hydroxyl groups is 1. The Morgan fingerprint density at radius 3 is 2.47 bits per heavy atom. The average Bonchev–Trinajstić information content (AvgIpc) is 2.70. The molecule has 2 heterocycles. The van der Waals surface area contributed by atoms with Crippen molar-refractivity contribution in [2.24, 2.45) is 0 Å². The van der Waals surface area contributed by atoms with Crippen molar-refractivity contribution in [1.29, 1.82) is 0 Å². The fourth-order valence-corrected chi connectivity index (χ4v) is 3.70. The maximum absolute atomic E-state index is 13.5. The largest absolute Gasteiger partial charge is 0.458 e. The summed E-state index contributed by atoms with van der Waals surface area (Å²) >= 11 is 0. The van der Waals surface area contributed by atoms with Crippen LogP contribution in [0.15, 0.2) is 30.3 Å². The van der Waals surface area contributed by atoms with Gasteiger partial charge in [-0.3, -0.25) is 4.79 Å². The van der Waals surface area contributed by atoms with Gasteiger partial charge < -0.3 is 9.84 Å². The van der Waals surface area contributed by atoms with Crippen LogP contribution < -0.4 is 4.31 Å². The van der Waals surface area contributed by atoms with Crippen molar-refractivity contribution >= 4 is 28.0 Å². The molecule has 0 bridgehead atoms. The van der Waals surface area contributed by atoms with Crippen molar-refractivity contribution < 1.29 is 27.4 Å². The van der Waals surface area contributed by atoms with E-state index in [1.54, 1.807) is 24.3 Å². The number of ether oxygens (including phenoxy) is 1. The topological polar surface area (TPSA) is 110 Å². The van der Waals surface area contributed by atoms with E-state index in [0.717, 1.165) is 10.6 Å². The maximum atomic E-state index is 13.5. The van der Waals surface area contributed by atoms with Gasteiger partial charge in [0.1, 0.15) is 11.9 Å². The molecular formula is C22H26FN3O5S. The van der Waals surface area contributed by atoms with Gasteiger partial charge in [0.15, 0.2) is 0 Å². The van der Waals surface area contributed by atoms with Crippen LogP contribution in [0.5, 0.6) is 0 Å². The third kappa shape index (κ3) is 5.49. The molecule has 0 amide bonds. The Bertz CT molecular complexity index is 1130. The summed E-state index contributed by atoms with van der Waals surface area (Å²) in [6.07, 6.45) is 3.23. The van der Waals surface area contributed by atoms with Crippen LogP contribution in [0, 0.1) is 5.82 Å². The SMILES string of the molecule is CC(C)c1nc(N(C)S(C)(=O)=O)nc(-c2ccc(F)cc2)c1/C=C/C1C[C@H](O)CC(=O)O1. The van der Waals surface area contributed by atoms with Gasteiger partial charge in [-0.15, -0.1) is 0 Å². The summed E-state index contributed by atoms with van der Waals surface area (Å²) in [6.45, 7) is 3.81. The zero-order valence-electron chi connectivity index (χ0n) is 18.3. The van der Waals surface area contributed by atoms with Crippen molar-refractivity contribution in [2.45, 2.75) is 44.8 Å². The lowest BCUT2D eigenvalue weighted by atomic mass is 9.97. The van der Waals surface area contributed by atoms with Gasteiger partial charge in [-0.1, -0.05) is 19.9 Å². The van der Waals surface area contributed by atoms with E-state index in [1.807, 2.05) is 13.8 Å². The Morgan fingerprint density at radius 1 is 1.25 bits per heavy atom. The lowest BCUT2D eigenvalue weighted by molar-refractivity contribution is -0.156. The standard InChI is InChI=1S/C22H26FN3O5S/c1-13(2)20-18(10-9-17-11-16(27)12-19(28)31-17)21(14-5-7-15(23)8-6-14)25-22(24-20)26(3)32(4,29)30/h5-10,13,16-17,27H,11-12H2,1-4H3/b10-9+/t16-,17?/m0/s1. The summed E-state index contributed by atoms with van der Waals surface area (Å²) in [5.41, 5.74) is 2.14. The molecule has 0 spiro atoms. The molecule has 1 unspecified atom stereocenters. The zero-order valence-corrected chi connectivity index (χ0v) is 19.1. The molecule has 1 saturated heterocycles. The lowest BCUT2D eigenvalue weighted by Gasteiger charge is -2.24. The average molecular weight is 464 g/mol. The molecule has 1 aromatic heterocycles. The number of aromatic nitrogens is 2. The Balaban J connectivity index is 2.17. The first-order valence-corrected chi connectivity index (χ1v) is 12.0. The minimum atomic E-state index is -3.61. The molecule has 1 aliphatic rings. The quantitative estimate of drug-likeness (QED) is 0.656. The van der Waals surface area contributed by atoms with Crippen molar-refractivity contribution in [3.63, 3.8) is 0 Å². The van der Waals surface area contributed by atoms with Crippen molar-refractivity contribution in [3.05, 3.63) is 47.4 Å². The fourth-order valence-electron chi connectivity index (χ4n) is 3.33. The van der Waals surface area contributed by atoms with Crippen LogP contribution in [0.4, 0.5) is 10.3 Å². The molecule has 2 atom stereocenters. The Morgan fingerprint density at radius 2 is 1.91 bits per heavy atom. The highest BCUT2D eigenvalue weighted by atomic mass is 32.2. The monoisotopic (exact) mass is 463 g/mol. The van der Waals surface area contributed by atoms with E-state index in [0.29, 0.717) is 22.5 Å². The molecule has 10 heteroatoms. The Labute approximate surface area is 186 Å². The van der Waals surface area contributed by atoms with Gasteiger partial charge in [0.25, 0.3) is 0 Å². The maximum Gasteiger partial charge on any atom is 0.309 e. The van der Waals surface area contributed by atoms with Gasteiger partial charge in [-0.05, 0) is 36.3 Å². The van der Waals surface area contributed by atoms with Crippen LogP contribution >= 0.6 is 0 Å². The zero-order chi connectivity index (χ0) is 23.6. The van der Waals surface area contributed by atoms with Gasteiger partial charge in [0, 0.05) is 24.6 Å². The fraction of sp³-hybridized carbons (Fsp3) is 0.409. The summed E-state index contributed by atoms with van der Waals surface area (Å²) in [5.74, 6) is -1.02. The third-order valence-corrected chi connectivity index (χ3v) is 6.23. The Hall–Kier alpha value is -2.85. The number of carbonyl (C=O) groups is 1. The molecule has 172 valence electrons. The number of aliphatic hydroxyl groups excluding tert-OH is 1. The smallest absolute Gasteiger partial charge is 0.309 e. The number of cyclic esters (lactones) is 1. The molecule has 1 N–H and O–H groups in total. The van der Waals surface area contributed by atoms with E-state index < -0.39 is 34.0 Å². The number of sulfonamides is 1. The molecule has 0 radical (unpaired) electrons. The number of rotatable bonds is 6. The van der Waals surface area contributed by atoms with E-state index in [1.165, 1.54) is 19.2 Å². The van der Waals surface area contributed by atoms with Crippen LogP contribution in [-0.4, -0.2) is 55.0 Å². The molecule has 32 heavy (non-hydrogen) atoms. The molecule has 8 nitrogen and oxygen atoms in total. The number of anilines is 1. The highest BCUT2D eigenvalue weighted by Gasteiger charge is 2.26. The lowest BCUT2D eigenvalue weighted by Crippen LogP contribution is -2.31. The molecule has 1 fully saturated rings. The van der Waals surface area contributed by atoms with E-state index in [-0.39, 0.29) is 24.7 Å². The van der Waals surface area contributed by atoms with Crippen LogP contribution in [0.2, 0.25) is 0 Å². The summed E-state index contributed by atoms with van der Waals surface area (Å²) in [4.78, 5) is 20.6. The number of hydrogen-bond donors (Lipinski definition) is 1. The molecule has 1 aromatic carbocycles. The Kier molecular flexibility index (Phi) is 6.94. The number of hydrogen-bond acceptors (Lipinski definition) is 7. The number of benzene rings is 1. The van der Waals surface area contributed by atoms with Gasteiger partial charge in [-0.25, -0.2) is 27.1 Å². The minimum absolute atomic E-state index is 0.00723. The third-order valence-electron chi connectivity index (χ3n) is 5.07. The van der Waals surface area contributed by atoms with Gasteiger partial charge in [0.05, 0.1) is 30.2 Å². The van der Waals surface area contributed by atoms with Gasteiger partial charge in [-0.2, -0.15) is 0 Å². The van der Waals surface area contributed by atoms with Crippen LogP contribution in [0.3, 0.4) is 0 Å². The van der Waals surface area contributed by atoms with Gasteiger partial charge in [0.2, 0.25) is 16.0 Å². The first kappa shape index (κ1) is 23.8. The predicted molar refractivity (Wildman–Crippen MR) is 119 cm³/mol. The summed E-state index contributed by atoms with van der Waals surface area (Å²) < 4.78 is 44.0. The number of nitrogens with zero attached hydrogens (tertiary/aromatic N) is 3. The van der Waals surface area contributed by atoms with E-state index >= 15 is 0 Å². The highest BCUT2D eigenvalue weighted by molar-refractivity contribution is 7.92. The molecule has 1 aliphatic heterocycles. The van der Waals surface area contributed by atoms with Crippen LogP contribution in [-0.2, 0) is 19.6 Å².